The first-order chi connectivity index (χ1) is 17.0. The smallest absolute Gasteiger partial charge is 0.262 e. The van der Waals surface area contributed by atoms with Crippen LogP contribution < -0.4 is 20.3 Å². The Morgan fingerprint density at radius 1 is 1.14 bits per heavy atom. The minimum atomic E-state index is -0.349. The molecule has 0 spiro atoms. The highest BCUT2D eigenvalue weighted by Gasteiger charge is 2.20. The van der Waals surface area contributed by atoms with Crippen LogP contribution in [-0.4, -0.2) is 29.6 Å². The van der Waals surface area contributed by atoms with Crippen LogP contribution in [0.25, 0.3) is 21.6 Å². The number of nitrogens with zero attached hydrogens (tertiary/aromatic N) is 1. The monoisotopic (exact) mass is 509 g/mol. The summed E-state index contributed by atoms with van der Waals surface area (Å²) in [5.41, 5.74) is 2.26. The second-order valence-corrected chi connectivity index (χ2v) is 9.83. The average molecular weight is 510 g/mol. The minimum Gasteiger partial charge on any atom is -0.493 e. The molecule has 2 aromatic carbocycles. The van der Waals surface area contributed by atoms with Crippen molar-refractivity contribution in [3.63, 3.8) is 0 Å². The molecule has 0 saturated heterocycles. The number of benzene rings is 2. The van der Waals surface area contributed by atoms with Crippen molar-refractivity contribution in [2.45, 2.75) is 32.1 Å². The second-order valence-electron chi connectivity index (χ2n) is 8.34. The quantitative estimate of drug-likeness (QED) is 0.330. The summed E-state index contributed by atoms with van der Waals surface area (Å²) in [7, 11) is 1.52. The van der Waals surface area contributed by atoms with E-state index >= 15 is 0 Å². The number of ether oxygens (including phenoxy) is 2. The molecule has 2 N–H and O–H groups in total. The highest BCUT2D eigenvalue weighted by molar-refractivity contribution is 7.18. The number of hydrogen-bond donors (Lipinski definition) is 2. The summed E-state index contributed by atoms with van der Waals surface area (Å²) in [6.07, 6.45) is 5.40. The Bertz CT molecular complexity index is 1460. The molecule has 0 unspecified atom stereocenters. The first-order valence-corrected chi connectivity index (χ1v) is 12.6. The molecule has 7 nitrogen and oxygen atoms in total. The van der Waals surface area contributed by atoms with Gasteiger partial charge >= 0.3 is 0 Å². The van der Waals surface area contributed by atoms with Crippen LogP contribution in [0.15, 0.2) is 47.3 Å². The highest BCUT2D eigenvalue weighted by Crippen LogP contribution is 2.35. The molecule has 2 aromatic heterocycles. The number of amides is 1. The fourth-order valence-electron chi connectivity index (χ4n) is 4.30. The fraction of sp³-hybridized carbons (Fsp3) is 0.269. The van der Waals surface area contributed by atoms with Gasteiger partial charge in [-0.15, -0.1) is 11.3 Å². The number of fused-ring (bicyclic) bond motifs is 3. The van der Waals surface area contributed by atoms with E-state index in [1.165, 1.54) is 24.0 Å². The zero-order chi connectivity index (χ0) is 24.4. The van der Waals surface area contributed by atoms with Gasteiger partial charge in [0.05, 0.1) is 23.2 Å². The van der Waals surface area contributed by atoms with Gasteiger partial charge in [-0.3, -0.25) is 9.59 Å². The van der Waals surface area contributed by atoms with E-state index in [2.05, 4.69) is 10.3 Å². The fourth-order valence-corrected chi connectivity index (χ4v) is 5.75. The van der Waals surface area contributed by atoms with Crippen molar-refractivity contribution < 1.29 is 14.3 Å². The first kappa shape index (κ1) is 23.4. The third kappa shape index (κ3) is 4.90. The summed E-state index contributed by atoms with van der Waals surface area (Å²) >= 11 is 7.71. The molecule has 1 aliphatic rings. The van der Waals surface area contributed by atoms with Gasteiger partial charge in [-0.2, -0.15) is 0 Å². The van der Waals surface area contributed by atoms with Crippen LogP contribution >= 0.6 is 22.9 Å². The number of anilines is 1. The summed E-state index contributed by atoms with van der Waals surface area (Å²) in [5, 5.41) is 3.89. The lowest BCUT2D eigenvalue weighted by Crippen LogP contribution is -2.20. The summed E-state index contributed by atoms with van der Waals surface area (Å²) in [5.74, 6) is 0.952. The van der Waals surface area contributed by atoms with Gasteiger partial charge in [-0.25, -0.2) is 4.98 Å². The number of rotatable bonds is 6. The van der Waals surface area contributed by atoms with E-state index in [4.69, 9.17) is 26.1 Å². The number of nitrogens with one attached hydrogen (secondary N) is 2. The number of aromatic nitrogens is 2. The first-order valence-electron chi connectivity index (χ1n) is 11.4. The van der Waals surface area contributed by atoms with Crippen molar-refractivity contribution in [2.75, 3.05) is 19.0 Å². The minimum absolute atomic E-state index is 0.111. The zero-order valence-corrected chi connectivity index (χ0v) is 20.7. The Kier molecular flexibility index (Phi) is 6.74. The summed E-state index contributed by atoms with van der Waals surface area (Å²) in [6.45, 7) is -0.220. The van der Waals surface area contributed by atoms with E-state index in [0.717, 1.165) is 35.9 Å². The van der Waals surface area contributed by atoms with Crippen molar-refractivity contribution in [1.29, 1.82) is 0 Å². The molecule has 1 amide bonds. The van der Waals surface area contributed by atoms with E-state index in [1.807, 2.05) is 0 Å². The normalized spacial score (nSPS) is 13.2. The number of carbonyl (C=O) groups is 1. The lowest BCUT2D eigenvalue weighted by molar-refractivity contribution is -0.118. The molecule has 0 saturated carbocycles. The predicted octanol–water partition coefficient (Wildman–Crippen LogP) is 5.60. The molecule has 0 radical (unpaired) electrons. The molecule has 4 aromatic rings. The van der Waals surface area contributed by atoms with Crippen LogP contribution in [0.1, 0.15) is 29.7 Å². The summed E-state index contributed by atoms with van der Waals surface area (Å²) < 4.78 is 11.2. The van der Waals surface area contributed by atoms with E-state index in [-0.39, 0.29) is 18.1 Å². The second kappa shape index (κ2) is 10.1. The Hall–Kier alpha value is -3.36. The van der Waals surface area contributed by atoms with Crippen molar-refractivity contribution >= 4 is 44.7 Å². The number of hydrogen-bond acceptors (Lipinski definition) is 6. The standard InChI is InChI=1S/C26H24ClN3O4S/c1-33-20-13-15(11-12-19(20)34-14-22(31)28-18-9-6-5-8-17(18)27)24-29-25(32)23-16-7-3-2-4-10-21(16)35-26(23)30-24/h5-6,8-9,11-13H,2-4,7,10,14H2,1H3,(H,28,31)(H,29,30,32). The third-order valence-electron chi connectivity index (χ3n) is 6.02. The summed E-state index contributed by atoms with van der Waals surface area (Å²) in [6, 6.07) is 12.2. The lowest BCUT2D eigenvalue weighted by atomic mass is 10.1. The van der Waals surface area contributed by atoms with Crippen molar-refractivity contribution in [3.05, 3.63) is 68.3 Å². The number of halogens is 1. The number of aromatic amines is 1. The molecular formula is C26H24ClN3O4S. The molecule has 0 bridgehead atoms. The molecule has 0 aliphatic heterocycles. The van der Waals surface area contributed by atoms with Crippen LogP contribution in [0.5, 0.6) is 11.5 Å². The molecule has 1 aliphatic carbocycles. The van der Waals surface area contributed by atoms with E-state index in [1.54, 1.807) is 53.8 Å². The maximum Gasteiger partial charge on any atom is 0.262 e. The van der Waals surface area contributed by atoms with Gasteiger partial charge in [0, 0.05) is 10.4 Å². The maximum atomic E-state index is 13.0. The summed E-state index contributed by atoms with van der Waals surface area (Å²) in [4.78, 5) is 35.1. The van der Waals surface area contributed by atoms with Crippen molar-refractivity contribution in [3.8, 4) is 22.9 Å². The number of H-pyrrole nitrogens is 1. The number of methoxy groups -OCH3 is 1. The van der Waals surface area contributed by atoms with E-state index in [9.17, 15) is 9.59 Å². The van der Waals surface area contributed by atoms with Gasteiger partial charge in [-0.1, -0.05) is 30.2 Å². The van der Waals surface area contributed by atoms with Crippen LogP contribution in [0, 0.1) is 0 Å². The van der Waals surface area contributed by atoms with E-state index in [0.29, 0.717) is 33.6 Å². The molecular weight excluding hydrogens is 486 g/mol. The van der Waals surface area contributed by atoms with Crippen LogP contribution in [0.4, 0.5) is 5.69 Å². The van der Waals surface area contributed by atoms with Gasteiger partial charge in [-0.05, 0) is 61.6 Å². The number of para-hydroxylation sites is 1. The molecule has 180 valence electrons. The predicted molar refractivity (Wildman–Crippen MR) is 139 cm³/mol. The van der Waals surface area contributed by atoms with Crippen LogP contribution in [-0.2, 0) is 17.6 Å². The lowest BCUT2D eigenvalue weighted by Gasteiger charge is -2.12. The van der Waals surface area contributed by atoms with Crippen LogP contribution in [0.2, 0.25) is 5.02 Å². The number of aryl methyl sites for hydroxylation is 2. The molecule has 9 heteroatoms. The zero-order valence-electron chi connectivity index (χ0n) is 19.2. The van der Waals surface area contributed by atoms with Crippen molar-refractivity contribution in [1.82, 2.24) is 9.97 Å². The van der Waals surface area contributed by atoms with Gasteiger partial charge in [0.15, 0.2) is 18.1 Å². The largest absolute Gasteiger partial charge is 0.493 e. The average Bonchev–Trinajstić information content (AvgIpc) is 3.06. The molecule has 0 atom stereocenters. The van der Waals surface area contributed by atoms with Crippen molar-refractivity contribution in [2.24, 2.45) is 0 Å². The van der Waals surface area contributed by atoms with Crippen LogP contribution in [0.3, 0.4) is 0 Å². The van der Waals surface area contributed by atoms with Gasteiger partial charge in [0.1, 0.15) is 10.7 Å². The topological polar surface area (TPSA) is 93.3 Å². The Morgan fingerprint density at radius 2 is 1.97 bits per heavy atom. The van der Waals surface area contributed by atoms with Gasteiger partial charge in [0.25, 0.3) is 11.5 Å². The Labute approximate surface area is 211 Å². The highest BCUT2D eigenvalue weighted by atomic mass is 35.5. The molecule has 0 fully saturated rings. The molecule has 35 heavy (non-hydrogen) atoms. The SMILES string of the molecule is COc1cc(-c2nc3sc4c(c3c(=O)[nH]2)CCCCC4)ccc1OCC(=O)Nc1ccccc1Cl. The number of carbonyl (C=O) groups excluding carboxylic acids is 1. The molecule has 2 heterocycles. The van der Waals surface area contributed by atoms with Gasteiger partial charge in [0.2, 0.25) is 0 Å². The van der Waals surface area contributed by atoms with Gasteiger partial charge < -0.3 is 19.8 Å². The maximum absolute atomic E-state index is 13.0. The third-order valence-corrected chi connectivity index (χ3v) is 7.53. The number of thiophene rings is 1. The Morgan fingerprint density at radius 3 is 2.80 bits per heavy atom. The van der Waals surface area contributed by atoms with E-state index < -0.39 is 0 Å². The molecule has 5 rings (SSSR count). The Balaban J connectivity index is 1.36.